The highest BCUT2D eigenvalue weighted by molar-refractivity contribution is 7.89. The lowest BCUT2D eigenvalue weighted by Crippen LogP contribution is -2.31. The van der Waals surface area contributed by atoms with Gasteiger partial charge >= 0.3 is 5.97 Å². The van der Waals surface area contributed by atoms with Gasteiger partial charge in [0.25, 0.3) is 0 Å². The van der Waals surface area contributed by atoms with E-state index in [9.17, 15) is 22.4 Å². The third-order valence-electron chi connectivity index (χ3n) is 4.38. The zero-order valence-corrected chi connectivity index (χ0v) is 16.4. The van der Waals surface area contributed by atoms with Crippen LogP contribution >= 0.6 is 0 Å². The summed E-state index contributed by atoms with van der Waals surface area (Å²) in [6, 6.07) is 9.76. The molecule has 0 fully saturated rings. The summed E-state index contributed by atoms with van der Waals surface area (Å²) in [5.74, 6) is -1.89. The fourth-order valence-electron chi connectivity index (χ4n) is 2.87. The predicted molar refractivity (Wildman–Crippen MR) is 105 cm³/mol. The Morgan fingerprint density at radius 1 is 1.14 bits per heavy atom. The van der Waals surface area contributed by atoms with E-state index < -0.39 is 40.7 Å². The summed E-state index contributed by atoms with van der Waals surface area (Å²) in [6.07, 6.45) is 2.37. The number of aromatic amines is 1. The van der Waals surface area contributed by atoms with E-state index in [1.165, 1.54) is 0 Å². The first-order valence-corrected chi connectivity index (χ1v) is 10.3. The summed E-state index contributed by atoms with van der Waals surface area (Å²) in [6.45, 7) is 0.840. The maximum atomic E-state index is 12.9. The average molecular weight is 418 g/mol. The molecule has 1 aromatic heterocycles. The molecule has 0 saturated heterocycles. The summed E-state index contributed by atoms with van der Waals surface area (Å²) in [5, 5.41) is 0.738. The third kappa shape index (κ3) is 4.69. The minimum atomic E-state index is -4.00. The van der Waals surface area contributed by atoms with Crippen molar-refractivity contribution in [3.05, 3.63) is 65.6 Å². The van der Waals surface area contributed by atoms with E-state index in [4.69, 9.17) is 4.74 Å². The topological polar surface area (TPSA) is 105 Å². The third-order valence-corrected chi connectivity index (χ3v) is 5.79. The molecule has 0 atom stereocenters. The molecule has 0 spiro atoms. The molecule has 3 rings (SSSR count). The highest BCUT2D eigenvalue weighted by Crippen LogP contribution is 2.22. The van der Waals surface area contributed by atoms with Crippen LogP contribution in [-0.2, 0) is 26.0 Å². The zero-order chi connectivity index (χ0) is 21.0. The molecule has 0 unspecified atom stereocenters. The summed E-state index contributed by atoms with van der Waals surface area (Å²) < 4.78 is 44.0. The molecular formula is C20H19FN2O5S. The number of hydrogen-bond acceptors (Lipinski definition) is 5. The number of para-hydroxylation sites is 1. The quantitative estimate of drug-likeness (QED) is 0.432. The Morgan fingerprint density at radius 2 is 1.86 bits per heavy atom. The van der Waals surface area contributed by atoms with Gasteiger partial charge < -0.3 is 9.72 Å². The van der Waals surface area contributed by atoms with Gasteiger partial charge in [-0.15, -0.1) is 0 Å². The number of H-pyrrole nitrogens is 1. The first kappa shape index (κ1) is 20.7. The van der Waals surface area contributed by atoms with E-state index in [1.54, 1.807) is 12.3 Å². The van der Waals surface area contributed by atoms with Gasteiger partial charge in [0.05, 0.1) is 4.90 Å². The number of rotatable bonds is 8. The van der Waals surface area contributed by atoms with Crippen LogP contribution in [0.3, 0.4) is 0 Å². The minimum absolute atomic E-state index is 0.187. The number of benzene rings is 2. The lowest BCUT2D eigenvalue weighted by Gasteiger charge is -2.07. The molecule has 0 aliphatic carbocycles. The van der Waals surface area contributed by atoms with Crippen molar-refractivity contribution in [2.75, 3.05) is 13.2 Å². The van der Waals surface area contributed by atoms with E-state index in [1.807, 2.05) is 19.1 Å². The Hall–Kier alpha value is -3.04. The standard InChI is InChI=1S/C20H19FN2O5S/c1-2-13-4-3-5-16-17(10-22-20(13)16)18(24)12-28-19(25)11-23-29(26,27)15-8-6-14(21)7-9-15/h3-10,22-23H,2,11-12H2,1H3. The van der Waals surface area contributed by atoms with E-state index in [2.05, 4.69) is 9.71 Å². The van der Waals surface area contributed by atoms with E-state index in [0.717, 1.165) is 47.2 Å². The van der Waals surface area contributed by atoms with Gasteiger partial charge in [-0.25, -0.2) is 12.8 Å². The van der Waals surface area contributed by atoms with Gasteiger partial charge in [-0.2, -0.15) is 4.72 Å². The first-order chi connectivity index (χ1) is 13.8. The maximum Gasteiger partial charge on any atom is 0.321 e. The molecule has 152 valence electrons. The molecule has 0 aliphatic heterocycles. The first-order valence-electron chi connectivity index (χ1n) is 8.85. The molecule has 29 heavy (non-hydrogen) atoms. The number of hydrogen-bond donors (Lipinski definition) is 2. The van der Waals surface area contributed by atoms with Crippen molar-refractivity contribution >= 4 is 32.7 Å². The van der Waals surface area contributed by atoms with Crippen LogP contribution in [0.25, 0.3) is 10.9 Å². The van der Waals surface area contributed by atoms with Gasteiger partial charge in [0, 0.05) is 22.7 Å². The van der Waals surface area contributed by atoms with Crippen LogP contribution < -0.4 is 4.72 Å². The van der Waals surface area contributed by atoms with Crippen LogP contribution in [0.4, 0.5) is 4.39 Å². The Bertz CT molecular complexity index is 1150. The average Bonchev–Trinajstić information content (AvgIpc) is 3.15. The molecule has 0 bridgehead atoms. The summed E-state index contributed by atoms with van der Waals surface area (Å²) in [5.41, 5.74) is 2.32. The zero-order valence-electron chi connectivity index (χ0n) is 15.6. The van der Waals surface area contributed by atoms with Crippen LogP contribution in [0.5, 0.6) is 0 Å². The number of esters is 1. The molecule has 0 aliphatic rings. The normalized spacial score (nSPS) is 11.5. The van der Waals surface area contributed by atoms with E-state index in [-0.39, 0.29) is 4.90 Å². The van der Waals surface area contributed by atoms with Crippen LogP contribution in [0.2, 0.25) is 0 Å². The summed E-state index contributed by atoms with van der Waals surface area (Å²) in [7, 11) is -4.00. The lowest BCUT2D eigenvalue weighted by atomic mass is 10.1. The Balaban J connectivity index is 1.58. The molecule has 2 N–H and O–H groups in total. The highest BCUT2D eigenvalue weighted by atomic mass is 32.2. The van der Waals surface area contributed by atoms with Crippen molar-refractivity contribution in [2.24, 2.45) is 0 Å². The highest BCUT2D eigenvalue weighted by Gasteiger charge is 2.18. The second kappa shape index (κ2) is 8.54. The van der Waals surface area contributed by atoms with Gasteiger partial charge in [0.15, 0.2) is 6.61 Å². The molecule has 0 amide bonds. The lowest BCUT2D eigenvalue weighted by molar-refractivity contribution is -0.141. The maximum absolute atomic E-state index is 12.9. The minimum Gasteiger partial charge on any atom is -0.456 e. The summed E-state index contributed by atoms with van der Waals surface area (Å²) >= 11 is 0. The van der Waals surface area contributed by atoms with Crippen molar-refractivity contribution in [3.63, 3.8) is 0 Å². The number of Topliss-reactive ketones (excluding diaryl/α,β-unsaturated/α-hetero) is 1. The number of fused-ring (bicyclic) bond motifs is 1. The largest absolute Gasteiger partial charge is 0.456 e. The van der Waals surface area contributed by atoms with Crippen molar-refractivity contribution in [1.29, 1.82) is 0 Å². The monoisotopic (exact) mass is 418 g/mol. The molecule has 3 aromatic rings. The number of carbonyl (C=O) groups excluding carboxylic acids is 2. The molecule has 1 heterocycles. The van der Waals surface area contributed by atoms with Gasteiger partial charge in [-0.05, 0) is 36.2 Å². The van der Waals surface area contributed by atoms with Crippen molar-refractivity contribution in [3.8, 4) is 0 Å². The second-order valence-corrected chi connectivity index (χ2v) is 8.02. The number of nitrogens with one attached hydrogen (secondary N) is 2. The Labute approximate surface area is 166 Å². The van der Waals surface area contributed by atoms with Crippen LogP contribution in [0, 0.1) is 5.82 Å². The van der Waals surface area contributed by atoms with E-state index >= 15 is 0 Å². The Morgan fingerprint density at radius 3 is 2.55 bits per heavy atom. The number of aryl methyl sites for hydroxylation is 1. The van der Waals surface area contributed by atoms with Gasteiger partial charge in [-0.3, -0.25) is 9.59 Å². The molecule has 0 saturated carbocycles. The van der Waals surface area contributed by atoms with Gasteiger partial charge in [0.1, 0.15) is 12.4 Å². The number of sulfonamides is 1. The second-order valence-electron chi connectivity index (χ2n) is 6.26. The number of ether oxygens (including phenoxy) is 1. The SMILES string of the molecule is CCc1cccc2c(C(=O)COC(=O)CNS(=O)(=O)c3ccc(F)cc3)c[nH]c12. The smallest absolute Gasteiger partial charge is 0.321 e. The van der Waals surface area contributed by atoms with E-state index in [0.29, 0.717) is 5.56 Å². The number of halogens is 1. The fourth-order valence-corrected chi connectivity index (χ4v) is 3.84. The number of carbonyl (C=O) groups is 2. The predicted octanol–water partition coefficient (Wildman–Crippen LogP) is 2.57. The van der Waals surface area contributed by atoms with Gasteiger partial charge in [-0.1, -0.05) is 25.1 Å². The molecule has 7 nitrogen and oxygen atoms in total. The molecule has 0 radical (unpaired) electrons. The van der Waals surface area contributed by atoms with Gasteiger partial charge in [0.2, 0.25) is 15.8 Å². The van der Waals surface area contributed by atoms with Crippen molar-refractivity contribution < 1.29 is 27.1 Å². The number of ketones is 1. The molecule has 2 aromatic carbocycles. The fraction of sp³-hybridized carbons (Fsp3) is 0.200. The molecular weight excluding hydrogens is 399 g/mol. The van der Waals surface area contributed by atoms with Crippen molar-refractivity contribution in [2.45, 2.75) is 18.2 Å². The summed E-state index contributed by atoms with van der Waals surface area (Å²) in [4.78, 5) is 27.1. The Kier molecular flexibility index (Phi) is 6.09. The molecule has 9 heteroatoms. The van der Waals surface area contributed by atoms with Crippen LogP contribution in [-0.4, -0.2) is 38.3 Å². The number of aromatic nitrogens is 1. The van der Waals surface area contributed by atoms with Crippen LogP contribution in [0.1, 0.15) is 22.8 Å². The van der Waals surface area contributed by atoms with Crippen LogP contribution in [0.15, 0.2) is 53.6 Å². The van der Waals surface area contributed by atoms with Crippen molar-refractivity contribution in [1.82, 2.24) is 9.71 Å².